The molecular weight excluding hydrogens is 345 g/mol. The van der Waals surface area contributed by atoms with E-state index in [1.54, 1.807) is 18.2 Å². The molecule has 1 atom stereocenters. The molecule has 0 radical (unpaired) electrons. The molecule has 22 heavy (non-hydrogen) atoms. The van der Waals surface area contributed by atoms with Crippen LogP contribution >= 0.6 is 35.0 Å². The van der Waals surface area contributed by atoms with Crippen LogP contribution in [0.25, 0.3) is 0 Å². The number of nitrogens with one attached hydrogen (secondary N) is 2. The van der Waals surface area contributed by atoms with E-state index in [0.717, 1.165) is 6.42 Å². The van der Waals surface area contributed by atoms with Gasteiger partial charge in [0.15, 0.2) is 5.17 Å². The molecule has 2 amide bonds. The van der Waals surface area contributed by atoms with Gasteiger partial charge in [-0.05, 0) is 24.6 Å². The lowest BCUT2D eigenvalue weighted by molar-refractivity contribution is -0.122. The highest BCUT2D eigenvalue weighted by Gasteiger charge is 2.31. The van der Waals surface area contributed by atoms with Crippen molar-refractivity contribution in [3.8, 4) is 0 Å². The van der Waals surface area contributed by atoms with Gasteiger partial charge in [-0.25, -0.2) is 0 Å². The second-order valence-electron chi connectivity index (χ2n) is 4.66. The van der Waals surface area contributed by atoms with E-state index in [0.29, 0.717) is 27.4 Å². The molecule has 0 saturated carbocycles. The zero-order valence-corrected chi connectivity index (χ0v) is 14.2. The van der Waals surface area contributed by atoms with Gasteiger partial charge in [0.2, 0.25) is 11.8 Å². The quantitative estimate of drug-likeness (QED) is 0.846. The second kappa shape index (κ2) is 7.85. The molecule has 8 heteroatoms. The SMILES string of the molecule is CCCN=C1NC(=O)[C@H](CC(=O)Nc2ccc(Cl)c(Cl)c2)S1. The Hall–Kier alpha value is -1.24. The van der Waals surface area contributed by atoms with Crippen LogP contribution in [0.3, 0.4) is 0 Å². The molecule has 1 saturated heterocycles. The number of aliphatic imine (C=N–C) groups is 1. The number of nitrogens with zero attached hydrogens (tertiary/aromatic N) is 1. The molecule has 1 fully saturated rings. The Balaban J connectivity index is 1.92. The van der Waals surface area contributed by atoms with Crippen molar-refractivity contribution in [2.45, 2.75) is 25.0 Å². The Morgan fingerprint density at radius 2 is 2.18 bits per heavy atom. The van der Waals surface area contributed by atoms with Crippen LogP contribution in [-0.4, -0.2) is 28.8 Å². The van der Waals surface area contributed by atoms with E-state index in [-0.39, 0.29) is 18.2 Å². The summed E-state index contributed by atoms with van der Waals surface area (Å²) in [5.41, 5.74) is 0.544. The molecule has 2 rings (SSSR count). The maximum absolute atomic E-state index is 12.0. The summed E-state index contributed by atoms with van der Waals surface area (Å²) in [6.45, 7) is 2.67. The fourth-order valence-corrected chi connectivity index (χ4v) is 3.08. The first-order valence-corrected chi connectivity index (χ1v) is 8.40. The van der Waals surface area contributed by atoms with E-state index in [1.165, 1.54) is 11.8 Å². The minimum atomic E-state index is -0.460. The van der Waals surface area contributed by atoms with Gasteiger partial charge in [-0.1, -0.05) is 41.9 Å². The molecule has 0 aliphatic carbocycles. The van der Waals surface area contributed by atoms with Crippen LogP contribution in [0.1, 0.15) is 19.8 Å². The topological polar surface area (TPSA) is 70.6 Å². The lowest BCUT2D eigenvalue weighted by atomic mass is 10.2. The zero-order valence-electron chi connectivity index (χ0n) is 11.9. The minimum Gasteiger partial charge on any atom is -0.326 e. The fourth-order valence-electron chi connectivity index (χ4n) is 1.78. The maximum atomic E-state index is 12.0. The highest BCUT2D eigenvalue weighted by molar-refractivity contribution is 8.15. The van der Waals surface area contributed by atoms with Crippen LogP contribution in [0, 0.1) is 0 Å². The van der Waals surface area contributed by atoms with Crippen molar-refractivity contribution in [3.05, 3.63) is 28.2 Å². The molecule has 1 heterocycles. The van der Waals surface area contributed by atoms with E-state index in [2.05, 4.69) is 15.6 Å². The van der Waals surface area contributed by atoms with Gasteiger partial charge >= 0.3 is 0 Å². The zero-order chi connectivity index (χ0) is 16.1. The summed E-state index contributed by atoms with van der Waals surface area (Å²) in [6, 6.07) is 4.83. The Morgan fingerprint density at radius 1 is 1.41 bits per heavy atom. The van der Waals surface area contributed by atoms with Crippen molar-refractivity contribution in [3.63, 3.8) is 0 Å². The highest BCUT2D eigenvalue weighted by Crippen LogP contribution is 2.26. The van der Waals surface area contributed by atoms with Crippen molar-refractivity contribution in [1.82, 2.24) is 5.32 Å². The average molecular weight is 360 g/mol. The van der Waals surface area contributed by atoms with Crippen LogP contribution in [0.2, 0.25) is 10.0 Å². The van der Waals surface area contributed by atoms with Crippen molar-refractivity contribution >= 4 is 57.6 Å². The number of thioether (sulfide) groups is 1. The normalized spacial score (nSPS) is 19.3. The average Bonchev–Trinajstić information content (AvgIpc) is 2.81. The number of carbonyl (C=O) groups is 2. The third kappa shape index (κ3) is 4.63. The van der Waals surface area contributed by atoms with E-state index in [1.807, 2.05) is 6.92 Å². The van der Waals surface area contributed by atoms with Crippen LogP contribution in [0.5, 0.6) is 0 Å². The van der Waals surface area contributed by atoms with Gasteiger partial charge in [-0.15, -0.1) is 0 Å². The number of hydrogen-bond acceptors (Lipinski definition) is 4. The summed E-state index contributed by atoms with van der Waals surface area (Å²) in [6.07, 6.45) is 0.976. The first-order chi connectivity index (χ1) is 10.5. The molecular formula is C14H15Cl2N3O2S. The molecule has 5 nitrogen and oxygen atoms in total. The predicted molar refractivity (Wildman–Crippen MR) is 91.8 cm³/mol. The molecule has 1 aromatic carbocycles. The number of amides is 2. The Bertz CT molecular complexity index is 622. The van der Waals surface area contributed by atoms with E-state index < -0.39 is 5.25 Å². The van der Waals surface area contributed by atoms with Crippen LogP contribution < -0.4 is 10.6 Å². The summed E-state index contributed by atoms with van der Waals surface area (Å²) in [7, 11) is 0. The Morgan fingerprint density at radius 3 is 2.86 bits per heavy atom. The Kier molecular flexibility index (Phi) is 6.11. The van der Waals surface area contributed by atoms with Crippen molar-refractivity contribution in [2.75, 3.05) is 11.9 Å². The van der Waals surface area contributed by atoms with Gasteiger partial charge in [0.25, 0.3) is 0 Å². The van der Waals surface area contributed by atoms with E-state index >= 15 is 0 Å². The first-order valence-electron chi connectivity index (χ1n) is 6.76. The number of carbonyl (C=O) groups excluding carboxylic acids is 2. The molecule has 1 aliphatic heterocycles. The van der Waals surface area contributed by atoms with E-state index in [4.69, 9.17) is 23.2 Å². The highest BCUT2D eigenvalue weighted by atomic mass is 35.5. The first kappa shape index (κ1) is 17.1. The lowest BCUT2D eigenvalue weighted by Gasteiger charge is -2.08. The number of amidine groups is 1. The van der Waals surface area contributed by atoms with Crippen LogP contribution in [0.4, 0.5) is 5.69 Å². The standard InChI is InChI=1S/C14H15Cl2N3O2S/c1-2-5-17-14-19-13(21)11(22-14)7-12(20)18-8-3-4-9(15)10(16)6-8/h3-4,6,11H,2,5,7H2,1H3,(H,18,20)(H,17,19,21)/t11-/m0/s1. The van der Waals surface area contributed by atoms with Gasteiger partial charge in [0, 0.05) is 18.7 Å². The summed E-state index contributed by atoms with van der Waals surface area (Å²) in [5, 5.41) is 6.28. The summed E-state index contributed by atoms with van der Waals surface area (Å²) in [5.74, 6) is -0.452. The van der Waals surface area contributed by atoms with Gasteiger partial charge in [0.1, 0.15) is 5.25 Å². The molecule has 118 valence electrons. The van der Waals surface area contributed by atoms with Crippen molar-refractivity contribution in [1.29, 1.82) is 0 Å². The third-order valence-electron chi connectivity index (χ3n) is 2.83. The molecule has 0 bridgehead atoms. The fraction of sp³-hybridized carbons (Fsp3) is 0.357. The molecule has 2 N–H and O–H groups in total. The second-order valence-corrected chi connectivity index (χ2v) is 6.67. The van der Waals surface area contributed by atoms with E-state index in [9.17, 15) is 9.59 Å². The number of anilines is 1. The van der Waals surface area contributed by atoms with Gasteiger partial charge < -0.3 is 10.6 Å². The molecule has 1 aliphatic rings. The third-order valence-corrected chi connectivity index (χ3v) is 4.69. The van der Waals surface area contributed by atoms with Crippen molar-refractivity contribution in [2.24, 2.45) is 4.99 Å². The smallest absolute Gasteiger partial charge is 0.240 e. The summed E-state index contributed by atoms with van der Waals surface area (Å²) >= 11 is 13.0. The maximum Gasteiger partial charge on any atom is 0.240 e. The summed E-state index contributed by atoms with van der Waals surface area (Å²) < 4.78 is 0. The lowest BCUT2D eigenvalue weighted by Crippen LogP contribution is -2.28. The number of halogens is 2. The number of benzene rings is 1. The van der Waals surface area contributed by atoms with Gasteiger partial charge in [-0.3, -0.25) is 14.6 Å². The number of rotatable bonds is 5. The monoisotopic (exact) mass is 359 g/mol. The molecule has 0 aromatic heterocycles. The van der Waals surface area contributed by atoms with Crippen LogP contribution in [-0.2, 0) is 9.59 Å². The molecule has 0 unspecified atom stereocenters. The predicted octanol–water partition coefficient (Wildman–Crippen LogP) is 3.32. The molecule has 0 spiro atoms. The number of hydrogen-bond donors (Lipinski definition) is 2. The minimum absolute atomic E-state index is 0.0713. The largest absolute Gasteiger partial charge is 0.326 e. The molecule has 1 aromatic rings. The Labute approximate surface area is 142 Å². The van der Waals surface area contributed by atoms with Gasteiger partial charge in [-0.2, -0.15) is 0 Å². The van der Waals surface area contributed by atoms with Crippen molar-refractivity contribution < 1.29 is 9.59 Å². The summed E-state index contributed by atoms with van der Waals surface area (Å²) in [4.78, 5) is 28.1. The van der Waals surface area contributed by atoms with Gasteiger partial charge in [0.05, 0.1) is 10.0 Å². The van der Waals surface area contributed by atoms with Crippen LogP contribution in [0.15, 0.2) is 23.2 Å².